The zero-order chi connectivity index (χ0) is 19.8. The van der Waals surface area contributed by atoms with E-state index in [-0.39, 0.29) is 18.5 Å². The van der Waals surface area contributed by atoms with Gasteiger partial charge in [-0.25, -0.2) is 4.68 Å². The summed E-state index contributed by atoms with van der Waals surface area (Å²) in [5.74, 6) is 0.187. The summed E-state index contributed by atoms with van der Waals surface area (Å²) in [6, 6.07) is 4.38. The van der Waals surface area contributed by atoms with E-state index in [0.717, 1.165) is 12.1 Å². The van der Waals surface area contributed by atoms with Gasteiger partial charge in [-0.15, -0.1) is 0 Å². The highest BCUT2D eigenvalue weighted by molar-refractivity contribution is 5.84. The second-order valence-corrected chi connectivity index (χ2v) is 5.76. The standard InChI is InChI=1S/C17H17F3N4O3/c1-9(10-4-6-11(7-5-10)17(18,19)20)24-14-13(12(8-25)23-24)15(26-2)22-16(21-14)27-3/h4-7,9,25H,8H2,1-3H3/t9-/m0/s1. The third kappa shape index (κ3) is 3.39. The van der Waals surface area contributed by atoms with Crippen LogP contribution in [0.5, 0.6) is 11.9 Å². The number of rotatable bonds is 5. The van der Waals surface area contributed by atoms with Gasteiger partial charge in [-0.2, -0.15) is 28.2 Å². The summed E-state index contributed by atoms with van der Waals surface area (Å²) in [6.45, 7) is 1.38. The van der Waals surface area contributed by atoms with Crippen LogP contribution in [0.2, 0.25) is 0 Å². The van der Waals surface area contributed by atoms with Crippen LogP contribution in [-0.2, 0) is 12.8 Å². The molecule has 1 aromatic carbocycles. The Morgan fingerprint density at radius 2 is 1.78 bits per heavy atom. The molecule has 2 aromatic heterocycles. The first-order valence-electron chi connectivity index (χ1n) is 7.95. The van der Waals surface area contributed by atoms with E-state index in [9.17, 15) is 18.3 Å². The Kier molecular flexibility index (Phi) is 4.92. The number of nitrogens with zero attached hydrogens (tertiary/aromatic N) is 4. The highest BCUT2D eigenvalue weighted by Gasteiger charge is 2.30. The molecule has 0 saturated heterocycles. The van der Waals surface area contributed by atoms with Gasteiger partial charge in [0, 0.05) is 0 Å². The largest absolute Gasteiger partial charge is 0.480 e. The third-order valence-electron chi connectivity index (χ3n) is 4.18. The molecule has 10 heteroatoms. The lowest BCUT2D eigenvalue weighted by Gasteiger charge is -2.15. The monoisotopic (exact) mass is 382 g/mol. The minimum absolute atomic E-state index is 0.0459. The summed E-state index contributed by atoms with van der Waals surface area (Å²) in [4.78, 5) is 8.36. The molecule has 0 radical (unpaired) electrons. The second-order valence-electron chi connectivity index (χ2n) is 5.76. The number of aliphatic hydroxyl groups excluding tert-OH is 1. The van der Waals surface area contributed by atoms with E-state index in [0.29, 0.717) is 22.3 Å². The minimum Gasteiger partial charge on any atom is -0.480 e. The molecule has 1 N–H and O–H groups in total. The third-order valence-corrected chi connectivity index (χ3v) is 4.18. The number of halogens is 3. The smallest absolute Gasteiger partial charge is 0.416 e. The summed E-state index contributed by atoms with van der Waals surface area (Å²) >= 11 is 0. The number of fused-ring (bicyclic) bond motifs is 1. The fourth-order valence-electron chi connectivity index (χ4n) is 2.77. The topological polar surface area (TPSA) is 82.3 Å². The quantitative estimate of drug-likeness (QED) is 0.731. The molecular formula is C17H17F3N4O3. The molecule has 3 aromatic rings. The van der Waals surface area contributed by atoms with Crippen molar-refractivity contribution >= 4 is 11.0 Å². The van der Waals surface area contributed by atoms with Crippen LogP contribution in [0.3, 0.4) is 0 Å². The highest BCUT2D eigenvalue weighted by atomic mass is 19.4. The number of methoxy groups -OCH3 is 2. The van der Waals surface area contributed by atoms with Crippen LogP contribution in [0.25, 0.3) is 11.0 Å². The van der Waals surface area contributed by atoms with E-state index in [1.165, 1.54) is 31.0 Å². The Bertz CT molecular complexity index is 955. The Morgan fingerprint density at radius 3 is 2.30 bits per heavy atom. The van der Waals surface area contributed by atoms with Crippen molar-refractivity contribution in [1.82, 2.24) is 19.7 Å². The number of ether oxygens (including phenoxy) is 2. The molecule has 0 aliphatic rings. The molecular weight excluding hydrogens is 365 g/mol. The maximum atomic E-state index is 12.8. The van der Waals surface area contributed by atoms with Crippen molar-refractivity contribution in [2.24, 2.45) is 0 Å². The fraction of sp³-hybridized carbons (Fsp3) is 0.353. The summed E-state index contributed by atoms with van der Waals surface area (Å²) < 4.78 is 50.1. The van der Waals surface area contributed by atoms with Gasteiger partial charge in [-0.05, 0) is 24.6 Å². The Balaban J connectivity index is 2.13. The number of alkyl halides is 3. The lowest BCUT2D eigenvalue weighted by molar-refractivity contribution is -0.137. The first-order valence-corrected chi connectivity index (χ1v) is 7.95. The predicted octanol–water partition coefficient (Wildman–Crippen LogP) is 2.96. The lowest BCUT2D eigenvalue weighted by Crippen LogP contribution is -2.11. The molecule has 27 heavy (non-hydrogen) atoms. The molecule has 2 heterocycles. The van der Waals surface area contributed by atoms with Gasteiger partial charge in [-0.3, -0.25) is 0 Å². The van der Waals surface area contributed by atoms with Gasteiger partial charge in [0.15, 0.2) is 5.65 Å². The fourth-order valence-corrected chi connectivity index (χ4v) is 2.77. The molecule has 7 nitrogen and oxygen atoms in total. The van der Waals surface area contributed by atoms with Gasteiger partial charge in [0.05, 0.1) is 32.4 Å². The second kappa shape index (κ2) is 7.03. The number of aliphatic hydroxyl groups is 1. The summed E-state index contributed by atoms with van der Waals surface area (Å²) in [5, 5.41) is 14.4. The molecule has 0 aliphatic carbocycles. The molecule has 0 saturated carbocycles. The number of benzene rings is 1. The van der Waals surface area contributed by atoms with Gasteiger partial charge >= 0.3 is 12.2 Å². The van der Waals surface area contributed by atoms with Crippen LogP contribution >= 0.6 is 0 Å². The molecule has 1 atom stereocenters. The molecule has 0 fully saturated rings. The summed E-state index contributed by atoms with van der Waals surface area (Å²) in [5.41, 5.74) is 0.498. The van der Waals surface area contributed by atoms with Crippen molar-refractivity contribution in [2.75, 3.05) is 14.2 Å². The van der Waals surface area contributed by atoms with Crippen LogP contribution in [-0.4, -0.2) is 39.1 Å². The maximum Gasteiger partial charge on any atom is 0.416 e. The average Bonchev–Trinajstić information content (AvgIpc) is 3.04. The van der Waals surface area contributed by atoms with E-state index in [4.69, 9.17) is 9.47 Å². The van der Waals surface area contributed by atoms with Gasteiger partial charge in [0.2, 0.25) is 5.88 Å². The zero-order valence-corrected chi connectivity index (χ0v) is 14.8. The molecule has 0 unspecified atom stereocenters. The summed E-state index contributed by atoms with van der Waals surface area (Å²) in [6.07, 6.45) is -4.40. The molecule has 0 spiro atoms. The number of aromatic nitrogens is 4. The average molecular weight is 382 g/mol. The van der Waals surface area contributed by atoms with Crippen molar-refractivity contribution in [3.63, 3.8) is 0 Å². The molecule has 3 rings (SSSR count). The van der Waals surface area contributed by atoms with Crippen LogP contribution in [0, 0.1) is 0 Å². The van der Waals surface area contributed by atoms with Gasteiger partial charge in [0.1, 0.15) is 11.1 Å². The lowest BCUT2D eigenvalue weighted by atomic mass is 10.1. The van der Waals surface area contributed by atoms with Crippen LogP contribution < -0.4 is 9.47 Å². The van der Waals surface area contributed by atoms with Gasteiger partial charge in [-0.1, -0.05) is 12.1 Å². The van der Waals surface area contributed by atoms with E-state index in [1.54, 1.807) is 6.92 Å². The first kappa shape index (κ1) is 18.9. The SMILES string of the molecule is COc1nc(OC)c2c(CO)nn([C@@H](C)c3ccc(C(F)(F)F)cc3)c2n1. The molecule has 144 valence electrons. The van der Waals surface area contributed by atoms with Gasteiger partial charge in [0.25, 0.3) is 0 Å². The molecule has 0 bridgehead atoms. The van der Waals surface area contributed by atoms with Crippen molar-refractivity contribution in [3.05, 3.63) is 41.1 Å². The zero-order valence-electron chi connectivity index (χ0n) is 14.8. The number of hydrogen-bond acceptors (Lipinski definition) is 6. The Hall–Kier alpha value is -2.88. The van der Waals surface area contributed by atoms with Crippen molar-refractivity contribution in [3.8, 4) is 11.9 Å². The van der Waals surface area contributed by atoms with E-state index < -0.39 is 17.8 Å². The first-order chi connectivity index (χ1) is 12.8. The van der Waals surface area contributed by atoms with Crippen LogP contribution in [0.4, 0.5) is 13.2 Å². The van der Waals surface area contributed by atoms with E-state index in [1.807, 2.05) is 0 Å². The van der Waals surface area contributed by atoms with Crippen LogP contribution in [0.15, 0.2) is 24.3 Å². The summed E-state index contributed by atoms with van der Waals surface area (Å²) in [7, 11) is 2.81. The molecule has 0 amide bonds. The minimum atomic E-state index is -4.40. The predicted molar refractivity (Wildman–Crippen MR) is 89.6 cm³/mol. The Morgan fingerprint density at radius 1 is 1.11 bits per heavy atom. The maximum absolute atomic E-state index is 12.8. The van der Waals surface area contributed by atoms with Crippen LogP contribution in [0.1, 0.15) is 29.8 Å². The van der Waals surface area contributed by atoms with E-state index in [2.05, 4.69) is 15.1 Å². The van der Waals surface area contributed by atoms with E-state index >= 15 is 0 Å². The van der Waals surface area contributed by atoms with Crippen molar-refractivity contribution in [2.45, 2.75) is 25.7 Å². The molecule has 0 aliphatic heterocycles. The van der Waals surface area contributed by atoms with Crippen molar-refractivity contribution < 1.29 is 27.8 Å². The van der Waals surface area contributed by atoms with Crippen molar-refractivity contribution in [1.29, 1.82) is 0 Å². The van der Waals surface area contributed by atoms with Gasteiger partial charge < -0.3 is 14.6 Å². The number of hydrogen-bond donors (Lipinski definition) is 1. The Labute approximate surface area is 152 Å². The normalized spacial score (nSPS) is 13.0. The highest BCUT2D eigenvalue weighted by Crippen LogP contribution is 2.33.